The maximum absolute atomic E-state index is 12.9. The van der Waals surface area contributed by atoms with Gasteiger partial charge in [0.05, 0.1) is 12.2 Å². The van der Waals surface area contributed by atoms with Gasteiger partial charge in [-0.3, -0.25) is 9.59 Å². The summed E-state index contributed by atoms with van der Waals surface area (Å²) in [5.74, 6) is -1.46. The van der Waals surface area contributed by atoms with Crippen molar-refractivity contribution in [1.29, 1.82) is 0 Å². The first-order chi connectivity index (χ1) is 15.9. The molecule has 0 atom stereocenters. The molecule has 1 aliphatic rings. The quantitative estimate of drug-likeness (QED) is 0.512. The minimum Gasteiger partial charge on any atom is -0.452 e. The topological polar surface area (TPSA) is 102 Å². The molecule has 0 bridgehead atoms. The van der Waals surface area contributed by atoms with Crippen molar-refractivity contribution in [2.45, 2.75) is 32.7 Å². The Kier molecular flexibility index (Phi) is 8.18. The van der Waals surface area contributed by atoms with Gasteiger partial charge < -0.3 is 19.7 Å². The second-order valence-corrected chi connectivity index (χ2v) is 7.84. The lowest BCUT2D eigenvalue weighted by atomic mass is 9.98. The first-order valence-corrected chi connectivity index (χ1v) is 11.0. The van der Waals surface area contributed by atoms with Crippen molar-refractivity contribution < 1.29 is 28.7 Å². The fourth-order valence-corrected chi connectivity index (χ4v) is 3.62. The van der Waals surface area contributed by atoms with Crippen LogP contribution in [-0.2, 0) is 14.3 Å². The van der Waals surface area contributed by atoms with E-state index in [9.17, 15) is 19.2 Å². The number of hydrogen-bond acceptors (Lipinski definition) is 6. The summed E-state index contributed by atoms with van der Waals surface area (Å²) in [6.07, 6.45) is 0.828. The molecule has 1 saturated heterocycles. The van der Waals surface area contributed by atoms with E-state index in [2.05, 4.69) is 5.32 Å². The van der Waals surface area contributed by atoms with Gasteiger partial charge in [0.1, 0.15) is 0 Å². The number of ketones is 1. The van der Waals surface area contributed by atoms with Crippen LogP contribution in [0.4, 0.5) is 4.79 Å². The number of rotatable bonds is 7. The Morgan fingerprint density at radius 2 is 1.58 bits per heavy atom. The summed E-state index contributed by atoms with van der Waals surface area (Å²) in [7, 11) is 0. The van der Waals surface area contributed by atoms with Gasteiger partial charge in [-0.1, -0.05) is 48.0 Å². The molecule has 174 valence electrons. The molecule has 8 heteroatoms. The van der Waals surface area contributed by atoms with E-state index in [0.717, 1.165) is 5.56 Å². The van der Waals surface area contributed by atoms with Crippen molar-refractivity contribution in [2.24, 2.45) is 0 Å². The number of piperidine rings is 1. The first kappa shape index (κ1) is 24.0. The Bertz CT molecular complexity index is 1010. The molecule has 0 aliphatic carbocycles. The lowest BCUT2D eigenvalue weighted by molar-refractivity contribution is -0.125. The highest BCUT2D eigenvalue weighted by molar-refractivity contribution is 6.14. The minimum absolute atomic E-state index is 0.110. The number of hydrogen-bond donors (Lipinski definition) is 1. The summed E-state index contributed by atoms with van der Waals surface area (Å²) in [6.45, 7) is 4.51. The van der Waals surface area contributed by atoms with Gasteiger partial charge in [-0.15, -0.1) is 0 Å². The van der Waals surface area contributed by atoms with Gasteiger partial charge in [-0.2, -0.15) is 0 Å². The molecule has 2 aromatic carbocycles. The van der Waals surface area contributed by atoms with Crippen LogP contribution in [0.2, 0.25) is 0 Å². The van der Waals surface area contributed by atoms with Crippen molar-refractivity contribution in [3.8, 4) is 0 Å². The monoisotopic (exact) mass is 452 g/mol. The van der Waals surface area contributed by atoms with Crippen molar-refractivity contribution in [2.75, 3.05) is 26.3 Å². The Morgan fingerprint density at radius 3 is 2.21 bits per heavy atom. The lowest BCUT2D eigenvalue weighted by Crippen LogP contribution is -2.47. The van der Waals surface area contributed by atoms with Crippen LogP contribution in [0.15, 0.2) is 48.5 Å². The predicted octanol–water partition coefficient (Wildman–Crippen LogP) is 3.12. The molecular formula is C25H28N2O6. The number of nitrogens with zero attached hydrogens (tertiary/aromatic N) is 1. The molecule has 33 heavy (non-hydrogen) atoms. The zero-order valence-corrected chi connectivity index (χ0v) is 18.8. The average Bonchev–Trinajstić information content (AvgIpc) is 2.83. The Balaban J connectivity index is 1.53. The SMILES string of the molecule is CCOC(=O)N1CCC(NC(=O)COC(=O)c2ccccc2C(=O)c2ccc(C)cc2)CC1. The molecule has 0 aromatic heterocycles. The van der Waals surface area contributed by atoms with Crippen molar-refractivity contribution in [3.63, 3.8) is 0 Å². The second-order valence-electron chi connectivity index (χ2n) is 7.84. The van der Waals surface area contributed by atoms with Gasteiger partial charge in [-0.25, -0.2) is 9.59 Å². The number of amides is 2. The molecule has 3 rings (SSSR count). The molecule has 2 amide bonds. The summed E-state index contributed by atoms with van der Waals surface area (Å²) in [4.78, 5) is 51.1. The molecule has 1 aliphatic heterocycles. The maximum Gasteiger partial charge on any atom is 0.409 e. The molecule has 0 radical (unpaired) electrons. The third-order valence-electron chi connectivity index (χ3n) is 5.43. The average molecular weight is 453 g/mol. The van der Waals surface area contributed by atoms with Crippen LogP contribution in [0.1, 0.15) is 51.6 Å². The van der Waals surface area contributed by atoms with E-state index in [-0.39, 0.29) is 29.0 Å². The van der Waals surface area contributed by atoms with Crippen LogP contribution >= 0.6 is 0 Å². The zero-order valence-electron chi connectivity index (χ0n) is 18.8. The van der Waals surface area contributed by atoms with Crippen LogP contribution in [0.25, 0.3) is 0 Å². The number of carbonyl (C=O) groups excluding carboxylic acids is 4. The second kappa shape index (κ2) is 11.3. The molecule has 0 spiro atoms. The smallest absolute Gasteiger partial charge is 0.409 e. The van der Waals surface area contributed by atoms with E-state index in [1.54, 1.807) is 42.2 Å². The van der Waals surface area contributed by atoms with Crippen molar-refractivity contribution in [1.82, 2.24) is 10.2 Å². The lowest BCUT2D eigenvalue weighted by Gasteiger charge is -2.31. The first-order valence-electron chi connectivity index (χ1n) is 11.0. The standard InChI is InChI=1S/C25H28N2O6/c1-3-32-25(31)27-14-12-19(13-15-27)26-22(28)16-33-24(30)21-7-5-4-6-20(21)23(29)18-10-8-17(2)9-11-18/h4-11,19H,3,12-16H2,1-2H3,(H,26,28). The van der Waals surface area contributed by atoms with Gasteiger partial charge in [0.15, 0.2) is 12.4 Å². The van der Waals surface area contributed by atoms with E-state index < -0.39 is 18.5 Å². The molecule has 8 nitrogen and oxygen atoms in total. The van der Waals surface area contributed by atoms with E-state index in [1.165, 1.54) is 6.07 Å². The Hall–Kier alpha value is -3.68. The number of aryl methyl sites for hydroxylation is 1. The number of carbonyl (C=O) groups is 4. The highest BCUT2D eigenvalue weighted by atomic mass is 16.6. The van der Waals surface area contributed by atoms with E-state index in [4.69, 9.17) is 9.47 Å². The summed E-state index contributed by atoms with van der Waals surface area (Å²) in [5, 5.41) is 2.82. The van der Waals surface area contributed by atoms with Crippen LogP contribution in [0.3, 0.4) is 0 Å². The van der Waals surface area contributed by atoms with Crippen LogP contribution in [0, 0.1) is 6.92 Å². The number of benzene rings is 2. The van der Waals surface area contributed by atoms with Gasteiger partial charge >= 0.3 is 12.1 Å². The number of ether oxygens (including phenoxy) is 2. The van der Waals surface area contributed by atoms with Crippen molar-refractivity contribution in [3.05, 3.63) is 70.8 Å². The molecule has 1 N–H and O–H groups in total. The molecule has 2 aromatic rings. The summed E-state index contributed by atoms with van der Waals surface area (Å²) < 4.78 is 10.2. The van der Waals surface area contributed by atoms with Gasteiger partial charge in [0.2, 0.25) is 0 Å². The van der Waals surface area contributed by atoms with Gasteiger partial charge in [-0.05, 0) is 32.8 Å². The molecule has 1 fully saturated rings. The fourth-order valence-electron chi connectivity index (χ4n) is 3.62. The maximum atomic E-state index is 12.9. The van der Waals surface area contributed by atoms with E-state index >= 15 is 0 Å². The Morgan fingerprint density at radius 1 is 0.939 bits per heavy atom. The predicted molar refractivity (Wildman–Crippen MR) is 121 cm³/mol. The number of nitrogens with one attached hydrogen (secondary N) is 1. The van der Waals surface area contributed by atoms with E-state index in [0.29, 0.717) is 38.1 Å². The highest BCUT2D eigenvalue weighted by Gasteiger charge is 2.25. The van der Waals surface area contributed by atoms with Crippen LogP contribution in [0.5, 0.6) is 0 Å². The van der Waals surface area contributed by atoms with Gasteiger partial charge in [0, 0.05) is 30.3 Å². The molecule has 0 unspecified atom stereocenters. The largest absolute Gasteiger partial charge is 0.452 e. The third-order valence-corrected chi connectivity index (χ3v) is 5.43. The van der Waals surface area contributed by atoms with Crippen molar-refractivity contribution >= 4 is 23.8 Å². The molecular weight excluding hydrogens is 424 g/mol. The van der Waals surface area contributed by atoms with Crippen LogP contribution in [-0.4, -0.2) is 61.0 Å². The Labute approximate surface area is 192 Å². The van der Waals surface area contributed by atoms with Crippen LogP contribution < -0.4 is 5.32 Å². The normalized spacial score (nSPS) is 13.8. The van der Waals surface area contributed by atoms with E-state index in [1.807, 2.05) is 19.1 Å². The summed E-state index contributed by atoms with van der Waals surface area (Å²) >= 11 is 0. The molecule has 1 heterocycles. The fraction of sp³-hybridized carbons (Fsp3) is 0.360. The third kappa shape index (κ3) is 6.41. The summed E-state index contributed by atoms with van der Waals surface area (Å²) in [5.41, 5.74) is 1.82. The summed E-state index contributed by atoms with van der Waals surface area (Å²) in [6, 6.07) is 13.3. The minimum atomic E-state index is -0.738. The zero-order chi connectivity index (χ0) is 23.8. The molecule has 0 saturated carbocycles. The highest BCUT2D eigenvalue weighted by Crippen LogP contribution is 2.17. The van der Waals surface area contributed by atoms with Gasteiger partial charge in [0.25, 0.3) is 5.91 Å². The number of likely N-dealkylation sites (tertiary alicyclic amines) is 1. The number of esters is 1.